The van der Waals surface area contributed by atoms with Crippen LogP contribution in [0.15, 0.2) is 97.1 Å². The van der Waals surface area contributed by atoms with Gasteiger partial charge < -0.3 is 25.4 Å². The highest BCUT2D eigenvalue weighted by Gasteiger charge is 2.31. The molecule has 3 amide bonds. The van der Waals surface area contributed by atoms with Gasteiger partial charge in [0, 0.05) is 12.1 Å². The van der Waals surface area contributed by atoms with Crippen molar-refractivity contribution in [3.8, 4) is 0 Å². The highest BCUT2D eigenvalue weighted by Crippen LogP contribution is 2.24. The predicted molar refractivity (Wildman–Crippen MR) is 204 cm³/mol. The number of amides is 3. The molecule has 3 aromatic carbocycles. The van der Waals surface area contributed by atoms with Crippen LogP contribution in [-0.2, 0) is 40.4 Å². The van der Waals surface area contributed by atoms with E-state index >= 15 is 0 Å². The molecule has 280 valence electrons. The average molecular weight is 720 g/mol. The fraction of sp³-hybridized carbons (Fsp3) is 0.442. The summed E-state index contributed by atoms with van der Waals surface area (Å²) in [6, 6.07) is 31.2. The van der Waals surface area contributed by atoms with E-state index in [0.717, 1.165) is 75.3 Å². The largest absolute Gasteiger partial charge is 0.371 e. The fourth-order valence-electron chi connectivity index (χ4n) is 7.34. The molecule has 53 heavy (non-hydrogen) atoms. The summed E-state index contributed by atoms with van der Waals surface area (Å²) >= 11 is 0. The Hall–Kier alpha value is -4.80. The van der Waals surface area contributed by atoms with Crippen molar-refractivity contribution < 1.29 is 23.9 Å². The molecule has 6 rings (SSSR count). The van der Waals surface area contributed by atoms with Gasteiger partial charge in [0.15, 0.2) is 5.69 Å². The van der Waals surface area contributed by atoms with Gasteiger partial charge in [0.05, 0.1) is 37.5 Å². The minimum atomic E-state index is -0.387. The van der Waals surface area contributed by atoms with Crippen molar-refractivity contribution in [2.75, 3.05) is 0 Å². The first-order chi connectivity index (χ1) is 25.9. The Morgan fingerprint density at radius 3 is 1.77 bits per heavy atom. The number of rotatable bonds is 16. The van der Waals surface area contributed by atoms with Gasteiger partial charge in [-0.2, -0.15) is 5.10 Å². The van der Waals surface area contributed by atoms with E-state index in [0.29, 0.717) is 13.2 Å². The summed E-state index contributed by atoms with van der Waals surface area (Å²) in [7, 11) is 0. The zero-order valence-electron chi connectivity index (χ0n) is 30.8. The van der Waals surface area contributed by atoms with Crippen molar-refractivity contribution in [3.05, 3.63) is 125 Å². The van der Waals surface area contributed by atoms with Crippen molar-refractivity contribution in [3.63, 3.8) is 0 Å². The lowest BCUT2D eigenvalue weighted by Gasteiger charge is -2.32. The number of nitrogens with one attached hydrogen (secondary N) is 3. The number of aryl methyl sites for hydroxylation is 1. The third kappa shape index (κ3) is 11.3. The first-order valence-corrected chi connectivity index (χ1v) is 19.2. The van der Waals surface area contributed by atoms with Crippen LogP contribution in [0.1, 0.15) is 102 Å². The predicted octanol–water partition coefficient (Wildman–Crippen LogP) is 6.54. The molecule has 2 aliphatic rings. The Kier molecular flexibility index (Phi) is 13.8. The van der Waals surface area contributed by atoms with E-state index in [1.807, 2.05) is 85.8 Å². The van der Waals surface area contributed by atoms with Crippen LogP contribution in [-0.4, -0.2) is 57.8 Å². The van der Waals surface area contributed by atoms with Crippen LogP contribution in [0.2, 0.25) is 0 Å². The van der Waals surface area contributed by atoms with Crippen LogP contribution in [0, 0.1) is 0 Å². The summed E-state index contributed by atoms with van der Waals surface area (Å²) in [5.41, 5.74) is 3.61. The van der Waals surface area contributed by atoms with Crippen LogP contribution in [0.25, 0.3) is 0 Å². The Labute approximate surface area is 313 Å². The molecule has 0 spiro atoms. The van der Waals surface area contributed by atoms with Gasteiger partial charge in [-0.05, 0) is 62.1 Å². The van der Waals surface area contributed by atoms with E-state index in [2.05, 4.69) is 33.2 Å². The second-order valence-electron chi connectivity index (χ2n) is 14.5. The molecule has 3 N–H and O–H groups in total. The van der Waals surface area contributed by atoms with Gasteiger partial charge in [-0.15, -0.1) is 0 Å². The number of nitrogens with zero attached hydrogens (tertiary/aromatic N) is 2. The van der Waals surface area contributed by atoms with Crippen LogP contribution in [0.5, 0.6) is 0 Å². The molecule has 0 radical (unpaired) electrons. The maximum atomic E-state index is 14.0. The van der Waals surface area contributed by atoms with Gasteiger partial charge in [-0.1, -0.05) is 117 Å². The van der Waals surface area contributed by atoms with E-state index in [-0.39, 0.29) is 66.0 Å². The molecule has 1 unspecified atom stereocenters. The Morgan fingerprint density at radius 2 is 1.21 bits per heavy atom. The summed E-state index contributed by atoms with van der Waals surface area (Å²) in [5, 5.41) is 13.9. The Balaban J connectivity index is 1.14. The number of carbonyl (C=O) groups excluding carboxylic acids is 3. The number of hydrogen-bond donors (Lipinski definition) is 3. The number of aromatic nitrogens is 2. The van der Waals surface area contributed by atoms with Gasteiger partial charge in [0.25, 0.3) is 11.8 Å². The van der Waals surface area contributed by atoms with Gasteiger partial charge in [0.2, 0.25) is 5.91 Å². The molecular formula is C43H53N5O5. The number of hydrogen-bond acceptors (Lipinski definition) is 6. The zero-order chi connectivity index (χ0) is 36.8. The summed E-state index contributed by atoms with van der Waals surface area (Å²) in [6.07, 6.45) is 8.58. The standard InChI is InChI=1S/C43H53N5O5/c1-31(25-26-32-15-5-2-6-16-32)44-42(50)37-27-38(43(51)46-36-22-12-14-24-40(36)53-30-34-19-9-4-10-20-34)48(47-37)28-41(49)45-35-21-11-13-23-39(35)52-29-33-17-7-3-8-18-33/h2-10,15-20,27,31,35-36,39-40H,11-14,21-26,28-30H2,1H3,(H,44,50)(H,45,49)(H,46,51)/t31?,35-,36-,39-,40-/m0/s1. The number of carbonyl (C=O) groups is 3. The summed E-state index contributed by atoms with van der Waals surface area (Å²) in [6.45, 7) is 2.68. The highest BCUT2D eigenvalue weighted by molar-refractivity contribution is 5.98. The van der Waals surface area contributed by atoms with E-state index in [1.54, 1.807) is 0 Å². The van der Waals surface area contributed by atoms with Crippen molar-refractivity contribution in [2.45, 2.75) is 121 Å². The molecule has 0 bridgehead atoms. The first-order valence-electron chi connectivity index (χ1n) is 19.2. The van der Waals surface area contributed by atoms with Crippen molar-refractivity contribution in [1.82, 2.24) is 25.7 Å². The second-order valence-corrected chi connectivity index (χ2v) is 14.5. The molecule has 5 atom stereocenters. The van der Waals surface area contributed by atoms with Gasteiger partial charge in [-0.3, -0.25) is 14.4 Å². The minimum Gasteiger partial charge on any atom is -0.371 e. The van der Waals surface area contributed by atoms with Crippen molar-refractivity contribution >= 4 is 17.7 Å². The first kappa shape index (κ1) is 37.9. The van der Waals surface area contributed by atoms with Crippen LogP contribution >= 0.6 is 0 Å². The number of ether oxygens (including phenoxy) is 2. The van der Waals surface area contributed by atoms with Crippen molar-refractivity contribution in [1.29, 1.82) is 0 Å². The molecule has 2 aliphatic carbocycles. The van der Waals surface area contributed by atoms with Crippen molar-refractivity contribution in [2.24, 2.45) is 0 Å². The van der Waals surface area contributed by atoms with Crippen LogP contribution in [0.4, 0.5) is 0 Å². The molecule has 4 aromatic rings. The van der Waals surface area contributed by atoms with E-state index < -0.39 is 0 Å². The van der Waals surface area contributed by atoms with Crippen LogP contribution in [0.3, 0.4) is 0 Å². The quantitative estimate of drug-likeness (QED) is 0.121. The lowest BCUT2D eigenvalue weighted by atomic mass is 9.92. The molecule has 0 aliphatic heterocycles. The lowest BCUT2D eigenvalue weighted by Crippen LogP contribution is -2.48. The van der Waals surface area contributed by atoms with E-state index in [4.69, 9.17) is 9.47 Å². The Bertz CT molecular complexity index is 1750. The fourth-order valence-corrected chi connectivity index (χ4v) is 7.34. The van der Waals surface area contributed by atoms with E-state index in [9.17, 15) is 14.4 Å². The van der Waals surface area contributed by atoms with E-state index in [1.165, 1.54) is 16.3 Å². The molecule has 1 heterocycles. The third-order valence-corrected chi connectivity index (χ3v) is 10.3. The SMILES string of the molecule is CC(CCc1ccccc1)NC(=O)c1cc(C(=O)N[C@H]2CCCC[C@@H]2OCc2ccccc2)n(CC(=O)N[C@H]2CCCC[C@@H]2OCc2ccccc2)n1. The molecule has 1 aromatic heterocycles. The monoisotopic (exact) mass is 719 g/mol. The second kappa shape index (κ2) is 19.3. The van der Waals surface area contributed by atoms with Gasteiger partial charge in [0.1, 0.15) is 12.2 Å². The van der Waals surface area contributed by atoms with Crippen LogP contribution < -0.4 is 16.0 Å². The minimum absolute atomic E-state index is 0.0942. The van der Waals surface area contributed by atoms with Gasteiger partial charge >= 0.3 is 0 Å². The summed E-state index contributed by atoms with van der Waals surface area (Å²) < 4.78 is 14.0. The van der Waals surface area contributed by atoms with Gasteiger partial charge in [-0.25, -0.2) is 4.68 Å². The molecule has 2 saturated carbocycles. The summed E-state index contributed by atoms with van der Waals surface area (Å²) in [5.74, 6) is -1.06. The lowest BCUT2D eigenvalue weighted by molar-refractivity contribution is -0.124. The molecule has 2 fully saturated rings. The summed E-state index contributed by atoms with van der Waals surface area (Å²) in [4.78, 5) is 41.1. The zero-order valence-corrected chi connectivity index (χ0v) is 30.8. The normalized spacial score (nSPS) is 20.6. The topological polar surface area (TPSA) is 124 Å². The third-order valence-electron chi connectivity index (χ3n) is 10.3. The highest BCUT2D eigenvalue weighted by atomic mass is 16.5. The number of benzene rings is 3. The molecule has 10 nitrogen and oxygen atoms in total. The average Bonchev–Trinajstić information content (AvgIpc) is 3.61. The maximum Gasteiger partial charge on any atom is 0.272 e. The smallest absolute Gasteiger partial charge is 0.272 e. The Morgan fingerprint density at radius 1 is 0.698 bits per heavy atom. The molecular weight excluding hydrogens is 667 g/mol. The molecule has 10 heteroatoms. The maximum absolute atomic E-state index is 14.0. The molecule has 0 saturated heterocycles.